The molecule has 0 aliphatic carbocycles. The number of carbonyl (C=O) groups excluding carboxylic acids is 1. The number of rotatable bonds is 4. The van der Waals surface area contributed by atoms with Gasteiger partial charge in [0.2, 0.25) is 0 Å². The number of anilines is 1. The molecule has 98 valence electrons. The van der Waals surface area contributed by atoms with Crippen molar-refractivity contribution in [1.29, 1.82) is 0 Å². The predicted octanol–water partition coefficient (Wildman–Crippen LogP) is 3.09. The van der Waals surface area contributed by atoms with E-state index in [1.807, 2.05) is 0 Å². The summed E-state index contributed by atoms with van der Waals surface area (Å²) in [7, 11) is 0. The number of nitrogens with one attached hydrogen (secondary N) is 2. The molecule has 7 heteroatoms. The second-order valence-electron chi connectivity index (χ2n) is 3.53. The van der Waals surface area contributed by atoms with Gasteiger partial charge >= 0.3 is 12.0 Å². The Bertz CT molecular complexity index is 468. The second-order valence-corrected chi connectivity index (χ2v) is 4.79. The first-order valence-electron chi connectivity index (χ1n) is 5.19. The van der Waals surface area contributed by atoms with Gasteiger partial charge in [0.05, 0.1) is 5.02 Å². The van der Waals surface area contributed by atoms with Gasteiger partial charge < -0.3 is 15.7 Å². The van der Waals surface area contributed by atoms with E-state index in [0.29, 0.717) is 21.6 Å². The highest BCUT2D eigenvalue weighted by molar-refractivity contribution is 9.10. The van der Waals surface area contributed by atoms with Gasteiger partial charge in [-0.3, -0.25) is 0 Å². The van der Waals surface area contributed by atoms with Crippen molar-refractivity contribution in [3.63, 3.8) is 0 Å². The highest BCUT2D eigenvalue weighted by Crippen LogP contribution is 2.25. The molecule has 1 rings (SSSR count). The molecule has 0 bridgehead atoms. The number of aliphatic carboxylic acids is 1. The molecule has 1 aromatic carbocycles. The first-order valence-corrected chi connectivity index (χ1v) is 6.36. The number of halogens is 2. The van der Waals surface area contributed by atoms with Gasteiger partial charge in [0.15, 0.2) is 0 Å². The van der Waals surface area contributed by atoms with Crippen molar-refractivity contribution >= 4 is 45.2 Å². The number of hydrogen-bond acceptors (Lipinski definition) is 2. The lowest BCUT2D eigenvalue weighted by molar-refractivity contribution is -0.139. The highest BCUT2D eigenvalue weighted by Gasteiger charge is 2.17. The van der Waals surface area contributed by atoms with Crippen LogP contribution in [0, 0.1) is 0 Å². The fourth-order valence-electron chi connectivity index (χ4n) is 1.24. The Hall–Kier alpha value is -1.27. The zero-order valence-electron chi connectivity index (χ0n) is 9.54. The van der Waals surface area contributed by atoms with E-state index in [-0.39, 0.29) is 0 Å². The van der Waals surface area contributed by atoms with Gasteiger partial charge in [-0.05, 0) is 40.5 Å². The Morgan fingerprint density at radius 3 is 2.67 bits per heavy atom. The van der Waals surface area contributed by atoms with Crippen LogP contribution in [-0.4, -0.2) is 23.1 Å². The number of urea groups is 1. The highest BCUT2D eigenvalue weighted by atomic mass is 79.9. The monoisotopic (exact) mass is 334 g/mol. The molecule has 2 amide bonds. The molecule has 0 spiro atoms. The SMILES string of the molecule is CC[C@@H](NC(=O)Nc1ccc(Br)c(Cl)c1)C(=O)O. The van der Waals surface area contributed by atoms with Gasteiger partial charge in [-0.25, -0.2) is 9.59 Å². The van der Waals surface area contributed by atoms with Gasteiger partial charge in [-0.15, -0.1) is 0 Å². The Kier molecular flexibility index (Phi) is 5.43. The van der Waals surface area contributed by atoms with Gasteiger partial charge in [-0.2, -0.15) is 0 Å². The van der Waals surface area contributed by atoms with Crippen LogP contribution in [0.2, 0.25) is 5.02 Å². The van der Waals surface area contributed by atoms with E-state index in [4.69, 9.17) is 16.7 Å². The smallest absolute Gasteiger partial charge is 0.326 e. The van der Waals surface area contributed by atoms with Crippen LogP contribution >= 0.6 is 27.5 Å². The van der Waals surface area contributed by atoms with Gasteiger partial charge in [0.25, 0.3) is 0 Å². The quantitative estimate of drug-likeness (QED) is 0.791. The average Bonchev–Trinajstić information content (AvgIpc) is 2.30. The second kappa shape index (κ2) is 6.61. The molecule has 3 N–H and O–H groups in total. The maximum Gasteiger partial charge on any atom is 0.326 e. The van der Waals surface area contributed by atoms with E-state index >= 15 is 0 Å². The fraction of sp³-hybridized carbons (Fsp3) is 0.273. The van der Waals surface area contributed by atoms with Crippen LogP contribution in [-0.2, 0) is 4.79 Å². The third-order valence-electron chi connectivity index (χ3n) is 2.19. The molecule has 1 aromatic rings. The van der Waals surface area contributed by atoms with Crippen LogP contribution in [0.25, 0.3) is 0 Å². The lowest BCUT2D eigenvalue weighted by atomic mass is 10.2. The van der Waals surface area contributed by atoms with Crippen molar-refractivity contribution in [1.82, 2.24) is 5.32 Å². The molecule has 1 atom stereocenters. The maximum atomic E-state index is 11.5. The minimum Gasteiger partial charge on any atom is -0.480 e. The number of carbonyl (C=O) groups is 2. The summed E-state index contributed by atoms with van der Waals surface area (Å²) < 4.78 is 0.715. The summed E-state index contributed by atoms with van der Waals surface area (Å²) in [6.07, 6.45) is 0.309. The van der Waals surface area contributed by atoms with Crippen molar-refractivity contribution in [2.75, 3.05) is 5.32 Å². The number of amides is 2. The summed E-state index contributed by atoms with van der Waals surface area (Å²) in [5.41, 5.74) is 0.487. The van der Waals surface area contributed by atoms with Gasteiger partial charge in [0, 0.05) is 10.2 Å². The Morgan fingerprint density at radius 1 is 1.50 bits per heavy atom. The first-order chi connectivity index (χ1) is 8.43. The van der Waals surface area contributed by atoms with Gasteiger partial charge in [-0.1, -0.05) is 18.5 Å². The topological polar surface area (TPSA) is 78.4 Å². The Balaban J connectivity index is 2.64. The first kappa shape index (κ1) is 14.8. The molecule has 0 heterocycles. The molecule has 0 fully saturated rings. The third kappa shape index (κ3) is 4.19. The lowest BCUT2D eigenvalue weighted by Gasteiger charge is -2.13. The molecular formula is C11H12BrClN2O3. The van der Waals surface area contributed by atoms with Crippen molar-refractivity contribution in [2.45, 2.75) is 19.4 Å². The van der Waals surface area contributed by atoms with E-state index in [1.165, 1.54) is 0 Å². The summed E-state index contributed by atoms with van der Waals surface area (Å²) in [6, 6.07) is 3.41. The normalized spacial score (nSPS) is 11.7. The number of carboxylic acids is 1. The van der Waals surface area contributed by atoms with Crippen LogP contribution < -0.4 is 10.6 Å². The average molecular weight is 336 g/mol. The minimum atomic E-state index is -1.07. The third-order valence-corrected chi connectivity index (χ3v) is 3.42. The number of carboxylic acid groups (broad SMARTS) is 1. The van der Waals surface area contributed by atoms with Crippen molar-refractivity contribution in [3.8, 4) is 0 Å². The Morgan fingerprint density at radius 2 is 2.17 bits per heavy atom. The molecule has 0 saturated heterocycles. The number of benzene rings is 1. The minimum absolute atomic E-state index is 0.309. The predicted molar refractivity (Wildman–Crippen MR) is 73.0 cm³/mol. The summed E-state index contributed by atoms with van der Waals surface area (Å²) >= 11 is 9.10. The molecule has 0 unspecified atom stereocenters. The lowest BCUT2D eigenvalue weighted by Crippen LogP contribution is -2.42. The van der Waals surface area contributed by atoms with Gasteiger partial charge in [0.1, 0.15) is 6.04 Å². The van der Waals surface area contributed by atoms with Crippen LogP contribution in [0.15, 0.2) is 22.7 Å². The molecule has 0 aliphatic rings. The molecule has 5 nitrogen and oxygen atoms in total. The molecule has 0 aliphatic heterocycles. The fourth-order valence-corrected chi connectivity index (χ4v) is 1.66. The summed E-state index contributed by atoms with van der Waals surface area (Å²) in [5, 5.41) is 14.1. The molecule has 18 heavy (non-hydrogen) atoms. The van der Waals surface area contributed by atoms with Crippen LogP contribution in [0.3, 0.4) is 0 Å². The molecular weight excluding hydrogens is 323 g/mol. The standard InChI is InChI=1S/C11H12BrClN2O3/c1-2-9(10(16)17)15-11(18)14-6-3-4-7(12)8(13)5-6/h3-5,9H,2H2,1H3,(H,16,17)(H2,14,15,18)/t9-/m1/s1. The largest absolute Gasteiger partial charge is 0.480 e. The summed E-state index contributed by atoms with van der Waals surface area (Å²) in [4.78, 5) is 22.3. The van der Waals surface area contributed by atoms with E-state index in [2.05, 4.69) is 26.6 Å². The summed E-state index contributed by atoms with van der Waals surface area (Å²) in [5.74, 6) is -1.07. The van der Waals surface area contributed by atoms with Crippen molar-refractivity contribution in [3.05, 3.63) is 27.7 Å². The van der Waals surface area contributed by atoms with E-state index in [9.17, 15) is 9.59 Å². The molecule has 0 saturated carbocycles. The number of hydrogen-bond donors (Lipinski definition) is 3. The van der Waals surface area contributed by atoms with E-state index in [0.717, 1.165) is 0 Å². The molecule has 0 radical (unpaired) electrons. The van der Waals surface area contributed by atoms with Crippen LogP contribution in [0.1, 0.15) is 13.3 Å². The maximum absolute atomic E-state index is 11.5. The zero-order valence-corrected chi connectivity index (χ0v) is 11.9. The summed E-state index contributed by atoms with van der Waals surface area (Å²) in [6.45, 7) is 1.68. The zero-order chi connectivity index (χ0) is 13.7. The van der Waals surface area contributed by atoms with E-state index < -0.39 is 18.0 Å². The van der Waals surface area contributed by atoms with E-state index in [1.54, 1.807) is 25.1 Å². The Labute approximate surface area is 118 Å². The molecule has 0 aromatic heterocycles. The van der Waals surface area contributed by atoms with Crippen molar-refractivity contribution < 1.29 is 14.7 Å². The van der Waals surface area contributed by atoms with Crippen molar-refractivity contribution in [2.24, 2.45) is 0 Å². The van der Waals surface area contributed by atoms with Crippen LogP contribution in [0.5, 0.6) is 0 Å². The van der Waals surface area contributed by atoms with Crippen LogP contribution in [0.4, 0.5) is 10.5 Å².